The van der Waals surface area contributed by atoms with E-state index in [1.165, 1.54) is 0 Å². The number of hydrogen-bond donors (Lipinski definition) is 0. The Morgan fingerprint density at radius 2 is 1.91 bits per heavy atom. The van der Waals surface area contributed by atoms with Crippen LogP contribution >= 0.6 is 9.24 Å². The maximum Gasteiger partial charge on any atom is 0.138 e. The lowest BCUT2D eigenvalue weighted by Gasteiger charge is -2.09. The molecule has 3 heteroatoms. The zero-order valence-corrected chi connectivity index (χ0v) is 15.2. The lowest BCUT2D eigenvalue weighted by Crippen LogP contribution is -2.08. The zero-order valence-electron chi connectivity index (χ0n) is 14.1. The van der Waals surface area contributed by atoms with Crippen LogP contribution in [0.15, 0.2) is 47.1 Å². The Bertz CT molecular complexity index is 652. The molecule has 1 aromatic rings. The van der Waals surface area contributed by atoms with E-state index in [2.05, 4.69) is 14.2 Å². The van der Waals surface area contributed by atoms with Crippen LogP contribution in [-0.2, 0) is 6.42 Å². The second-order valence-corrected chi connectivity index (χ2v) is 5.83. The van der Waals surface area contributed by atoms with Crippen LogP contribution in [0.25, 0.3) is 5.57 Å². The van der Waals surface area contributed by atoms with Crippen LogP contribution < -0.4 is 5.30 Å². The molecule has 22 heavy (non-hydrogen) atoms. The fraction of sp³-hybridized carbons (Fsp3) is 0.316. The minimum atomic E-state index is -0.150. The first kappa shape index (κ1) is 18.5. The number of aliphatic imine (C=N–C) groups is 1. The lowest BCUT2D eigenvalue weighted by atomic mass is 10.0. The Kier molecular flexibility index (Phi) is 7.41. The van der Waals surface area contributed by atoms with E-state index < -0.39 is 0 Å². The van der Waals surface area contributed by atoms with Crippen LogP contribution in [0.1, 0.15) is 45.7 Å². The summed E-state index contributed by atoms with van der Waals surface area (Å²) in [5.41, 5.74) is 4.60. The molecule has 1 nitrogen and oxygen atoms in total. The molecule has 0 fully saturated rings. The first-order chi connectivity index (χ1) is 10.4. The van der Waals surface area contributed by atoms with Crippen LogP contribution in [-0.4, -0.2) is 5.71 Å². The highest BCUT2D eigenvalue weighted by Crippen LogP contribution is 2.20. The molecule has 1 atom stereocenters. The quantitative estimate of drug-likeness (QED) is 0.400. The van der Waals surface area contributed by atoms with Crippen molar-refractivity contribution in [2.45, 2.75) is 41.0 Å². The molecule has 0 aliphatic carbocycles. The molecule has 118 valence electrons. The largest absolute Gasteiger partial charge is 0.262 e. The minimum absolute atomic E-state index is 0.150. The van der Waals surface area contributed by atoms with Crippen molar-refractivity contribution in [2.24, 2.45) is 4.99 Å². The summed E-state index contributed by atoms with van der Waals surface area (Å²) in [6.45, 7) is 9.86. The Morgan fingerprint density at radius 3 is 2.50 bits per heavy atom. The summed E-state index contributed by atoms with van der Waals surface area (Å²) in [6, 6.07) is 3.85. The van der Waals surface area contributed by atoms with Crippen molar-refractivity contribution in [2.75, 3.05) is 0 Å². The van der Waals surface area contributed by atoms with Gasteiger partial charge in [0.15, 0.2) is 0 Å². The highest BCUT2D eigenvalue weighted by Gasteiger charge is 2.09. The minimum Gasteiger partial charge on any atom is -0.262 e. The number of halogens is 1. The number of benzene rings is 1. The molecule has 1 aromatic carbocycles. The summed E-state index contributed by atoms with van der Waals surface area (Å²) >= 11 is 0. The highest BCUT2D eigenvalue weighted by atomic mass is 31.0. The zero-order chi connectivity index (χ0) is 16.7. The molecule has 0 radical (unpaired) electrons. The van der Waals surface area contributed by atoms with Crippen molar-refractivity contribution >= 4 is 25.8 Å². The van der Waals surface area contributed by atoms with Gasteiger partial charge in [-0.1, -0.05) is 37.3 Å². The van der Waals surface area contributed by atoms with Crippen molar-refractivity contribution in [3.63, 3.8) is 0 Å². The van der Waals surface area contributed by atoms with Gasteiger partial charge in [0, 0.05) is 22.8 Å². The van der Waals surface area contributed by atoms with Gasteiger partial charge < -0.3 is 0 Å². The molecule has 0 N–H and O–H groups in total. The second-order valence-electron chi connectivity index (χ2n) is 5.25. The monoisotopic (exact) mass is 317 g/mol. The number of nitrogens with zero attached hydrogens (tertiary/aromatic N) is 1. The Labute approximate surface area is 135 Å². The molecule has 1 rings (SSSR count). The van der Waals surface area contributed by atoms with Gasteiger partial charge in [0.2, 0.25) is 0 Å². The average molecular weight is 317 g/mol. The second kappa shape index (κ2) is 8.80. The summed E-state index contributed by atoms with van der Waals surface area (Å²) in [5, 5.41) is 0.666. The summed E-state index contributed by atoms with van der Waals surface area (Å²) in [4.78, 5) is 4.31. The standard InChI is InChI=1S/C19H25FNP/c1-6-12-21-15(5)13(3)8-9-14(4)17-11-10-16(7-2)19(22)18(17)20/h6,8-12H,7,22H2,1-5H3/b12-6-,13-8+,14-9+,21-15+. The van der Waals surface area contributed by atoms with Crippen molar-refractivity contribution in [1.82, 2.24) is 0 Å². The van der Waals surface area contributed by atoms with Gasteiger partial charge in [0.05, 0.1) is 0 Å². The van der Waals surface area contributed by atoms with Crippen molar-refractivity contribution in [1.29, 1.82) is 0 Å². The maximum absolute atomic E-state index is 14.4. The Balaban J connectivity index is 3.11. The van der Waals surface area contributed by atoms with Gasteiger partial charge in [-0.05, 0) is 50.8 Å². The van der Waals surface area contributed by atoms with E-state index >= 15 is 0 Å². The van der Waals surface area contributed by atoms with Crippen molar-refractivity contribution in [3.8, 4) is 0 Å². The first-order valence-electron chi connectivity index (χ1n) is 7.50. The summed E-state index contributed by atoms with van der Waals surface area (Å²) in [7, 11) is 2.51. The molecule has 0 amide bonds. The van der Waals surface area contributed by atoms with E-state index in [9.17, 15) is 4.39 Å². The fourth-order valence-electron chi connectivity index (χ4n) is 1.99. The van der Waals surface area contributed by atoms with Gasteiger partial charge in [-0.25, -0.2) is 4.39 Å². The maximum atomic E-state index is 14.4. The Morgan fingerprint density at radius 1 is 1.23 bits per heavy atom. The Hall–Kier alpha value is -1.53. The third kappa shape index (κ3) is 4.74. The van der Waals surface area contributed by atoms with Crippen molar-refractivity contribution in [3.05, 3.63) is 59.1 Å². The molecule has 0 aliphatic heterocycles. The van der Waals surface area contributed by atoms with Gasteiger partial charge in [-0.3, -0.25) is 4.99 Å². The predicted molar refractivity (Wildman–Crippen MR) is 100 cm³/mol. The van der Waals surface area contributed by atoms with Gasteiger partial charge in [-0.15, -0.1) is 9.24 Å². The smallest absolute Gasteiger partial charge is 0.138 e. The van der Waals surface area contributed by atoms with E-state index in [0.29, 0.717) is 10.9 Å². The molecule has 0 saturated heterocycles. The van der Waals surface area contributed by atoms with E-state index in [0.717, 1.165) is 28.8 Å². The highest BCUT2D eigenvalue weighted by molar-refractivity contribution is 7.27. The van der Waals surface area contributed by atoms with Crippen LogP contribution in [0, 0.1) is 5.82 Å². The fourth-order valence-corrected chi connectivity index (χ4v) is 2.45. The molecule has 0 saturated carbocycles. The van der Waals surface area contributed by atoms with Crippen LogP contribution in [0.4, 0.5) is 4.39 Å². The van der Waals surface area contributed by atoms with Crippen molar-refractivity contribution < 1.29 is 4.39 Å². The van der Waals surface area contributed by atoms with Crippen LogP contribution in [0.3, 0.4) is 0 Å². The SMILES string of the molecule is C\C=C/N=C(C)/C(C)=C/C=C(\C)c1ccc(CC)c(P)c1F. The molecule has 1 unspecified atom stereocenters. The van der Waals surface area contributed by atoms with Gasteiger partial charge in [0.1, 0.15) is 5.82 Å². The first-order valence-corrected chi connectivity index (χ1v) is 8.08. The van der Waals surface area contributed by atoms with Gasteiger partial charge >= 0.3 is 0 Å². The van der Waals surface area contributed by atoms with Gasteiger partial charge in [-0.2, -0.15) is 0 Å². The normalized spacial score (nSPS) is 14.0. The van der Waals surface area contributed by atoms with E-state index in [1.807, 2.05) is 65.0 Å². The van der Waals surface area contributed by atoms with E-state index in [-0.39, 0.29) is 5.82 Å². The molecule has 0 heterocycles. The van der Waals surface area contributed by atoms with E-state index in [1.54, 1.807) is 6.20 Å². The summed E-state index contributed by atoms with van der Waals surface area (Å²) in [6.07, 6.45) is 8.42. The number of allylic oxidation sites excluding steroid dienone is 5. The lowest BCUT2D eigenvalue weighted by molar-refractivity contribution is 0.631. The van der Waals surface area contributed by atoms with Crippen LogP contribution in [0.5, 0.6) is 0 Å². The average Bonchev–Trinajstić information content (AvgIpc) is 2.52. The molecule has 0 bridgehead atoms. The molecular weight excluding hydrogens is 292 g/mol. The third-order valence-electron chi connectivity index (χ3n) is 3.65. The molecular formula is C19H25FNP. The topological polar surface area (TPSA) is 12.4 Å². The predicted octanol–water partition coefficient (Wildman–Crippen LogP) is 5.23. The summed E-state index contributed by atoms with van der Waals surface area (Å²) in [5.74, 6) is -0.150. The number of hydrogen-bond acceptors (Lipinski definition) is 1. The number of rotatable bonds is 5. The van der Waals surface area contributed by atoms with Gasteiger partial charge in [0.25, 0.3) is 0 Å². The third-order valence-corrected chi connectivity index (χ3v) is 4.27. The molecule has 0 aliphatic rings. The van der Waals surface area contributed by atoms with Crippen LogP contribution in [0.2, 0.25) is 0 Å². The number of aryl methyl sites for hydroxylation is 1. The molecule has 0 spiro atoms. The molecule has 0 aromatic heterocycles. The van der Waals surface area contributed by atoms with E-state index in [4.69, 9.17) is 0 Å². The summed E-state index contributed by atoms with van der Waals surface area (Å²) < 4.78 is 14.4.